The van der Waals surface area contributed by atoms with E-state index in [0.717, 1.165) is 16.3 Å². The molecule has 182 valence electrons. The highest BCUT2D eigenvalue weighted by molar-refractivity contribution is 9.12. The number of halogens is 1. The number of rotatable bonds is 3. The van der Waals surface area contributed by atoms with Gasteiger partial charge in [-0.1, -0.05) is 48.9 Å². The van der Waals surface area contributed by atoms with Crippen LogP contribution in [-0.4, -0.2) is 39.9 Å². The summed E-state index contributed by atoms with van der Waals surface area (Å²) in [7, 11) is 0. The number of Topliss-reactive ketones (excluding diaryl/α,β-unsaturated/α-hetero) is 1. The fourth-order valence-electron chi connectivity index (χ4n) is 6.63. The predicted octanol–water partition coefficient (Wildman–Crippen LogP) is 4.72. The van der Waals surface area contributed by atoms with Crippen LogP contribution in [-0.2, 0) is 19.2 Å². The second-order valence-corrected chi connectivity index (χ2v) is 10.8. The summed E-state index contributed by atoms with van der Waals surface area (Å²) < 4.78 is 0.188. The molecule has 0 bridgehead atoms. The number of nitrogens with zero attached hydrogens (tertiary/aromatic N) is 1. The van der Waals surface area contributed by atoms with E-state index in [2.05, 4.69) is 15.9 Å². The van der Waals surface area contributed by atoms with E-state index in [0.29, 0.717) is 36.1 Å². The quantitative estimate of drug-likeness (QED) is 0.342. The molecule has 0 radical (unpaired) electrons. The van der Waals surface area contributed by atoms with E-state index in [1.807, 2.05) is 43.3 Å². The number of phenolic OH excluding ortho intramolecular Hbond substituents is 1. The van der Waals surface area contributed by atoms with Crippen molar-refractivity contribution in [3.63, 3.8) is 0 Å². The first-order valence-electron chi connectivity index (χ1n) is 12.3. The molecule has 0 saturated carbocycles. The fraction of sp³-hybridized carbons (Fsp3) is 0.310. The minimum Gasteiger partial charge on any atom is -0.508 e. The second kappa shape index (κ2) is 8.37. The topological polar surface area (TPSA) is 91.8 Å². The standard InChI is InChI=1S/C29H24BrNO5/c1-2-11-31-28(35)17-9-8-16-18(23(17)29(31)36)12-19-25(22(33)13-20(30)27(19)34)26(16)24-15-6-4-3-5-14(15)7-10-21(24)32/h3-8,10,13,17-18,23,26,32H,2,9,11-12H2,1H3/t17-,18+,23-,26+/m0/s1. The predicted molar refractivity (Wildman–Crippen MR) is 137 cm³/mol. The summed E-state index contributed by atoms with van der Waals surface area (Å²) in [4.78, 5) is 54.8. The average molecular weight is 546 g/mol. The van der Waals surface area contributed by atoms with Crippen LogP contribution in [0.2, 0.25) is 0 Å². The normalized spacial score (nSPS) is 27.7. The number of imide groups is 1. The third-order valence-corrected chi connectivity index (χ3v) is 8.70. The van der Waals surface area contributed by atoms with Crippen LogP contribution in [0.3, 0.4) is 0 Å². The summed E-state index contributed by atoms with van der Waals surface area (Å²) in [6.07, 6.45) is 4.57. The molecule has 1 aliphatic heterocycles. The molecule has 3 aliphatic carbocycles. The number of fused-ring (bicyclic) bond motifs is 4. The Morgan fingerprint density at radius 2 is 1.81 bits per heavy atom. The van der Waals surface area contributed by atoms with Crippen LogP contribution in [0, 0.1) is 17.8 Å². The van der Waals surface area contributed by atoms with Gasteiger partial charge in [-0.05, 0) is 57.9 Å². The van der Waals surface area contributed by atoms with E-state index in [4.69, 9.17) is 0 Å². The van der Waals surface area contributed by atoms with Crippen molar-refractivity contribution in [2.45, 2.75) is 32.1 Å². The van der Waals surface area contributed by atoms with Gasteiger partial charge in [0.1, 0.15) is 5.75 Å². The summed E-state index contributed by atoms with van der Waals surface area (Å²) in [6, 6.07) is 11.0. The molecule has 4 atom stereocenters. The maximum atomic E-state index is 13.5. The zero-order valence-corrected chi connectivity index (χ0v) is 21.2. The molecule has 1 heterocycles. The van der Waals surface area contributed by atoms with E-state index in [1.54, 1.807) is 6.07 Å². The van der Waals surface area contributed by atoms with Crippen LogP contribution in [0.1, 0.15) is 37.7 Å². The van der Waals surface area contributed by atoms with Crippen molar-refractivity contribution in [2.75, 3.05) is 6.54 Å². The van der Waals surface area contributed by atoms with E-state index in [1.165, 1.54) is 11.0 Å². The van der Waals surface area contributed by atoms with Gasteiger partial charge in [-0.3, -0.25) is 24.1 Å². The number of carbonyl (C=O) groups is 4. The minimum absolute atomic E-state index is 0.0320. The lowest BCUT2D eigenvalue weighted by Crippen LogP contribution is -2.39. The van der Waals surface area contributed by atoms with Crippen LogP contribution in [0.5, 0.6) is 5.75 Å². The minimum atomic E-state index is -0.678. The molecule has 1 N–H and O–H groups in total. The number of allylic oxidation sites excluding steroid dienone is 6. The Balaban J connectivity index is 1.60. The Morgan fingerprint density at radius 3 is 2.58 bits per heavy atom. The van der Waals surface area contributed by atoms with Crippen LogP contribution in [0.4, 0.5) is 0 Å². The van der Waals surface area contributed by atoms with Gasteiger partial charge < -0.3 is 5.11 Å². The average Bonchev–Trinajstić information content (AvgIpc) is 3.11. The molecular weight excluding hydrogens is 522 g/mol. The molecule has 2 amide bonds. The molecular formula is C29H24BrNO5. The van der Waals surface area contributed by atoms with E-state index in [9.17, 15) is 24.3 Å². The molecule has 6 nitrogen and oxygen atoms in total. The van der Waals surface area contributed by atoms with Crippen LogP contribution >= 0.6 is 15.9 Å². The van der Waals surface area contributed by atoms with Gasteiger partial charge in [0, 0.05) is 35.2 Å². The largest absolute Gasteiger partial charge is 0.508 e. The highest BCUT2D eigenvalue weighted by Gasteiger charge is 2.56. The number of hydrogen-bond acceptors (Lipinski definition) is 5. The lowest BCUT2D eigenvalue weighted by molar-refractivity contribution is -0.140. The summed E-state index contributed by atoms with van der Waals surface area (Å²) in [6.45, 7) is 2.30. The van der Waals surface area contributed by atoms with E-state index < -0.39 is 23.7 Å². The lowest BCUT2D eigenvalue weighted by atomic mass is 9.59. The van der Waals surface area contributed by atoms with Gasteiger partial charge in [0.2, 0.25) is 11.8 Å². The smallest absolute Gasteiger partial charge is 0.233 e. The first kappa shape index (κ1) is 23.1. The summed E-state index contributed by atoms with van der Waals surface area (Å²) >= 11 is 3.25. The van der Waals surface area contributed by atoms with Gasteiger partial charge in [-0.2, -0.15) is 0 Å². The Morgan fingerprint density at radius 1 is 1.03 bits per heavy atom. The number of phenols is 1. The Kier molecular flexibility index (Phi) is 5.37. The van der Waals surface area contributed by atoms with Crippen molar-refractivity contribution in [3.8, 4) is 5.75 Å². The molecule has 36 heavy (non-hydrogen) atoms. The maximum Gasteiger partial charge on any atom is 0.233 e. The van der Waals surface area contributed by atoms with Crippen molar-refractivity contribution in [3.05, 3.63) is 75.3 Å². The Hall–Kier alpha value is -3.32. The summed E-state index contributed by atoms with van der Waals surface area (Å²) in [5.41, 5.74) is 2.13. The zero-order valence-electron chi connectivity index (χ0n) is 19.7. The van der Waals surface area contributed by atoms with Crippen molar-refractivity contribution in [1.29, 1.82) is 0 Å². The van der Waals surface area contributed by atoms with Crippen molar-refractivity contribution in [1.82, 2.24) is 4.90 Å². The van der Waals surface area contributed by atoms with E-state index >= 15 is 0 Å². The first-order chi connectivity index (χ1) is 17.3. The third-order valence-electron chi connectivity index (χ3n) is 8.11. The van der Waals surface area contributed by atoms with Crippen molar-refractivity contribution in [2.24, 2.45) is 17.8 Å². The summed E-state index contributed by atoms with van der Waals surface area (Å²) in [5, 5.41) is 12.8. The van der Waals surface area contributed by atoms with Crippen molar-refractivity contribution < 1.29 is 24.3 Å². The Labute approximate surface area is 216 Å². The number of hydrogen-bond donors (Lipinski definition) is 1. The second-order valence-electron chi connectivity index (χ2n) is 9.94. The van der Waals surface area contributed by atoms with Gasteiger partial charge >= 0.3 is 0 Å². The number of amides is 2. The number of aromatic hydroxyl groups is 1. The molecule has 0 aromatic heterocycles. The van der Waals surface area contributed by atoms with E-state index in [-0.39, 0.29) is 40.0 Å². The molecule has 4 aliphatic rings. The first-order valence-corrected chi connectivity index (χ1v) is 13.1. The lowest BCUT2D eigenvalue weighted by Gasteiger charge is -2.42. The van der Waals surface area contributed by atoms with Gasteiger partial charge in [0.15, 0.2) is 11.6 Å². The molecule has 6 rings (SSSR count). The molecule has 0 spiro atoms. The zero-order chi connectivity index (χ0) is 25.3. The third kappa shape index (κ3) is 3.15. The fourth-order valence-corrected chi connectivity index (χ4v) is 7.08. The highest BCUT2D eigenvalue weighted by atomic mass is 79.9. The summed E-state index contributed by atoms with van der Waals surface area (Å²) in [5.74, 6) is -3.00. The monoisotopic (exact) mass is 545 g/mol. The van der Waals surface area contributed by atoms with Gasteiger partial charge in [0.05, 0.1) is 16.3 Å². The van der Waals surface area contributed by atoms with Crippen LogP contribution in [0.25, 0.3) is 10.8 Å². The number of benzene rings is 2. The SMILES string of the molecule is CCCN1C(=O)[C@H]2[C@H](CC=C3[C@H](c4c(O)ccc5ccccc45)C4=C(C[C@H]32)C(=O)C(Br)=CC4=O)C1=O. The molecule has 1 saturated heterocycles. The van der Waals surface area contributed by atoms with Gasteiger partial charge in [-0.15, -0.1) is 0 Å². The number of likely N-dealkylation sites (tertiary alicyclic amines) is 1. The Bertz CT molecular complexity index is 1480. The molecule has 1 fully saturated rings. The van der Waals surface area contributed by atoms with Gasteiger partial charge in [0.25, 0.3) is 0 Å². The maximum absolute atomic E-state index is 13.5. The number of ketones is 2. The van der Waals surface area contributed by atoms with Crippen LogP contribution < -0.4 is 0 Å². The van der Waals surface area contributed by atoms with Crippen molar-refractivity contribution >= 4 is 50.1 Å². The number of carbonyl (C=O) groups excluding carboxylic acids is 4. The molecule has 2 aromatic carbocycles. The van der Waals surface area contributed by atoms with Crippen LogP contribution in [0.15, 0.2) is 69.8 Å². The molecule has 7 heteroatoms. The highest BCUT2D eigenvalue weighted by Crippen LogP contribution is 2.57. The molecule has 2 aromatic rings. The van der Waals surface area contributed by atoms with Gasteiger partial charge in [-0.25, -0.2) is 0 Å². The molecule has 0 unspecified atom stereocenters.